The van der Waals surface area contributed by atoms with Crippen molar-refractivity contribution in [1.29, 1.82) is 0 Å². The molecule has 2 aromatic rings. The van der Waals surface area contributed by atoms with Crippen LogP contribution in [0.5, 0.6) is 0 Å². The second-order valence-corrected chi connectivity index (χ2v) is 8.49. The number of carbonyl (C=O) groups excluding carboxylic acids is 3. The first kappa shape index (κ1) is 22.0. The molecule has 168 valence electrons. The normalized spacial score (nSPS) is 22.2. The fourth-order valence-corrected chi connectivity index (χ4v) is 4.91. The average molecular weight is 436 g/mol. The largest absolute Gasteiger partial charge is 0.375 e. The fraction of sp³-hybridized carbons (Fsp3) is 0.400. The summed E-state index contributed by atoms with van der Waals surface area (Å²) >= 11 is 0. The van der Waals surface area contributed by atoms with Gasteiger partial charge >= 0.3 is 0 Å². The van der Waals surface area contributed by atoms with E-state index in [0.717, 1.165) is 25.7 Å². The third-order valence-corrected chi connectivity index (χ3v) is 6.36. The van der Waals surface area contributed by atoms with Crippen molar-refractivity contribution in [3.8, 4) is 0 Å². The van der Waals surface area contributed by atoms with E-state index >= 15 is 0 Å². The van der Waals surface area contributed by atoms with Gasteiger partial charge in [-0.25, -0.2) is 0 Å². The number of ether oxygens (including phenoxy) is 1. The quantitative estimate of drug-likeness (QED) is 0.725. The number of anilines is 2. The Balaban J connectivity index is 1.48. The molecule has 2 N–H and O–H groups in total. The Morgan fingerprint density at radius 2 is 1.59 bits per heavy atom. The van der Waals surface area contributed by atoms with Crippen LogP contribution in [-0.4, -0.2) is 48.4 Å². The van der Waals surface area contributed by atoms with Crippen LogP contribution >= 0.6 is 0 Å². The van der Waals surface area contributed by atoms with Gasteiger partial charge < -0.3 is 20.3 Å². The van der Waals surface area contributed by atoms with Crippen molar-refractivity contribution in [2.24, 2.45) is 5.92 Å². The molecule has 1 saturated carbocycles. The van der Waals surface area contributed by atoms with E-state index in [4.69, 9.17) is 4.74 Å². The number of nitrogens with zero attached hydrogens (tertiary/aromatic N) is 1. The van der Waals surface area contributed by atoms with Crippen LogP contribution in [-0.2, 0) is 14.3 Å². The van der Waals surface area contributed by atoms with Gasteiger partial charge in [0, 0.05) is 30.1 Å². The molecule has 2 fully saturated rings. The molecule has 0 bridgehead atoms. The highest BCUT2D eigenvalue weighted by Gasteiger charge is 2.47. The molecular weight excluding hydrogens is 406 g/mol. The van der Waals surface area contributed by atoms with Crippen molar-refractivity contribution in [3.63, 3.8) is 0 Å². The summed E-state index contributed by atoms with van der Waals surface area (Å²) in [4.78, 5) is 40.1. The molecule has 0 radical (unpaired) electrons. The maximum atomic E-state index is 13.4. The van der Waals surface area contributed by atoms with E-state index in [9.17, 15) is 14.4 Å². The molecule has 1 saturated heterocycles. The Bertz CT molecular complexity index is 961. The number of hydrogen-bond donors (Lipinski definition) is 2. The lowest BCUT2D eigenvalue weighted by atomic mass is 9.84. The van der Waals surface area contributed by atoms with E-state index in [1.165, 1.54) is 7.11 Å². The summed E-state index contributed by atoms with van der Waals surface area (Å²) in [7, 11) is 1.46. The average Bonchev–Trinajstić information content (AvgIpc) is 3.20. The van der Waals surface area contributed by atoms with Crippen LogP contribution in [0.4, 0.5) is 11.4 Å². The molecule has 1 aliphatic carbocycles. The Labute approximate surface area is 188 Å². The van der Waals surface area contributed by atoms with Gasteiger partial charge in [0.2, 0.25) is 11.8 Å². The minimum atomic E-state index is -0.489. The Morgan fingerprint density at radius 1 is 0.938 bits per heavy atom. The van der Waals surface area contributed by atoms with Crippen molar-refractivity contribution in [2.75, 3.05) is 24.4 Å². The van der Waals surface area contributed by atoms with E-state index in [2.05, 4.69) is 10.6 Å². The Hall–Kier alpha value is -3.19. The minimum Gasteiger partial charge on any atom is -0.375 e. The predicted molar refractivity (Wildman–Crippen MR) is 122 cm³/mol. The van der Waals surface area contributed by atoms with Gasteiger partial charge in [-0.1, -0.05) is 31.0 Å². The highest BCUT2D eigenvalue weighted by molar-refractivity contribution is 6.02. The van der Waals surface area contributed by atoms with Crippen LogP contribution < -0.4 is 10.6 Å². The second kappa shape index (κ2) is 9.96. The van der Waals surface area contributed by atoms with Gasteiger partial charge in [-0.05, 0) is 61.6 Å². The summed E-state index contributed by atoms with van der Waals surface area (Å²) in [5, 5.41) is 5.69. The summed E-state index contributed by atoms with van der Waals surface area (Å²) in [5.74, 6) is -0.116. The highest BCUT2D eigenvalue weighted by atomic mass is 16.5. The number of nitrogens with one attached hydrogen (secondary N) is 2. The first-order valence-electron chi connectivity index (χ1n) is 11.1. The monoisotopic (exact) mass is 435 g/mol. The van der Waals surface area contributed by atoms with Gasteiger partial charge in [0.1, 0.15) is 12.6 Å². The summed E-state index contributed by atoms with van der Waals surface area (Å²) in [6.45, 7) is -0.0201. The molecule has 3 amide bonds. The molecule has 2 aliphatic rings. The van der Waals surface area contributed by atoms with Crippen molar-refractivity contribution in [2.45, 2.75) is 44.2 Å². The number of fused-ring (bicyclic) bond motifs is 1. The molecule has 7 heteroatoms. The van der Waals surface area contributed by atoms with Gasteiger partial charge in [-0.3, -0.25) is 14.4 Å². The van der Waals surface area contributed by atoms with E-state index < -0.39 is 6.04 Å². The number of amides is 3. The summed E-state index contributed by atoms with van der Waals surface area (Å²) < 4.78 is 4.81. The van der Waals surface area contributed by atoms with Crippen molar-refractivity contribution in [1.82, 2.24) is 4.90 Å². The number of benzene rings is 2. The van der Waals surface area contributed by atoms with Gasteiger partial charge in [0.15, 0.2) is 0 Å². The maximum Gasteiger partial charge on any atom is 0.254 e. The summed E-state index contributed by atoms with van der Waals surface area (Å²) in [5.41, 5.74) is 1.87. The third-order valence-electron chi connectivity index (χ3n) is 6.36. The van der Waals surface area contributed by atoms with Crippen LogP contribution in [0.3, 0.4) is 0 Å². The van der Waals surface area contributed by atoms with E-state index in [0.29, 0.717) is 29.3 Å². The third kappa shape index (κ3) is 4.83. The van der Waals surface area contributed by atoms with Gasteiger partial charge in [0.25, 0.3) is 5.91 Å². The summed E-state index contributed by atoms with van der Waals surface area (Å²) in [6, 6.07) is 15.8. The van der Waals surface area contributed by atoms with Crippen LogP contribution in [0, 0.1) is 5.92 Å². The van der Waals surface area contributed by atoms with Crippen LogP contribution in [0.1, 0.15) is 42.5 Å². The Kier molecular flexibility index (Phi) is 6.85. The molecule has 3 unspecified atom stereocenters. The van der Waals surface area contributed by atoms with Gasteiger partial charge in [-0.15, -0.1) is 0 Å². The zero-order chi connectivity index (χ0) is 22.5. The van der Waals surface area contributed by atoms with Crippen molar-refractivity contribution in [3.05, 3.63) is 60.2 Å². The van der Waals surface area contributed by atoms with Crippen LogP contribution in [0.15, 0.2) is 54.6 Å². The second-order valence-electron chi connectivity index (χ2n) is 8.49. The number of likely N-dealkylation sites (tertiary alicyclic amines) is 1. The lowest BCUT2D eigenvalue weighted by molar-refractivity contribution is -0.120. The van der Waals surface area contributed by atoms with Crippen molar-refractivity contribution >= 4 is 29.1 Å². The number of methoxy groups -OCH3 is 1. The van der Waals surface area contributed by atoms with Crippen LogP contribution in [0.2, 0.25) is 0 Å². The zero-order valence-electron chi connectivity index (χ0n) is 18.3. The predicted octanol–water partition coefficient (Wildman–Crippen LogP) is 3.68. The molecular formula is C25H29N3O4. The highest BCUT2D eigenvalue weighted by Crippen LogP contribution is 2.40. The molecule has 1 heterocycles. The fourth-order valence-electron chi connectivity index (χ4n) is 4.91. The molecule has 4 rings (SSSR count). The molecule has 7 nitrogen and oxygen atoms in total. The standard InChI is InChI=1S/C25H29N3O4/c1-32-16-23(29)26-19-11-13-20(14-12-19)27-24(30)22-15-18-9-5-6-10-21(18)28(22)25(31)17-7-3-2-4-8-17/h2-4,7-8,11-14,18,21-22H,5-6,9-10,15-16H2,1H3,(H,26,29)(H,27,30). The molecule has 0 aromatic heterocycles. The van der Waals surface area contributed by atoms with Crippen LogP contribution in [0.25, 0.3) is 0 Å². The smallest absolute Gasteiger partial charge is 0.254 e. The topological polar surface area (TPSA) is 87.7 Å². The van der Waals surface area contributed by atoms with Gasteiger partial charge in [0.05, 0.1) is 0 Å². The zero-order valence-corrected chi connectivity index (χ0v) is 18.3. The molecule has 32 heavy (non-hydrogen) atoms. The number of carbonyl (C=O) groups is 3. The van der Waals surface area contributed by atoms with E-state index in [1.54, 1.807) is 24.3 Å². The first-order valence-corrected chi connectivity index (χ1v) is 11.1. The molecule has 0 spiro atoms. The maximum absolute atomic E-state index is 13.4. The molecule has 3 atom stereocenters. The Morgan fingerprint density at radius 3 is 2.28 bits per heavy atom. The first-order chi connectivity index (χ1) is 15.6. The van der Waals surface area contributed by atoms with Gasteiger partial charge in [-0.2, -0.15) is 0 Å². The van der Waals surface area contributed by atoms with E-state index in [1.807, 2.05) is 35.2 Å². The summed E-state index contributed by atoms with van der Waals surface area (Å²) in [6.07, 6.45) is 4.94. The molecule has 1 aliphatic heterocycles. The lowest BCUT2D eigenvalue weighted by Crippen LogP contribution is -2.47. The molecule has 2 aromatic carbocycles. The number of hydrogen-bond acceptors (Lipinski definition) is 4. The van der Waals surface area contributed by atoms with E-state index in [-0.39, 0.29) is 30.4 Å². The lowest BCUT2D eigenvalue weighted by Gasteiger charge is -2.33. The minimum absolute atomic E-state index is 0.0201. The SMILES string of the molecule is COCC(=O)Nc1ccc(NC(=O)C2CC3CCCCC3N2C(=O)c2ccccc2)cc1. The van der Waals surface area contributed by atoms with Crippen molar-refractivity contribution < 1.29 is 19.1 Å². The number of rotatable bonds is 6.